The second kappa shape index (κ2) is 5.81. The fraction of sp³-hybridized carbons (Fsp3) is 0.333. The van der Waals surface area contributed by atoms with Crippen LogP contribution in [0, 0.1) is 0 Å². The maximum absolute atomic E-state index is 12.4. The molecule has 5 nitrogen and oxygen atoms in total. The quantitative estimate of drug-likeness (QED) is 0.908. The van der Waals surface area contributed by atoms with Crippen LogP contribution in [0.4, 0.5) is 5.69 Å². The van der Waals surface area contributed by atoms with Gasteiger partial charge < -0.3 is 9.47 Å². The summed E-state index contributed by atoms with van der Waals surface area (Å²) >= 11 is 1.17. The van der Waals surface area contributed by atoms with Gasteiger partial charge in [-0.15, -0.1) is 11.3 Å². The highest BCUT2D eigenvalue weighted by molar-refractivity contribution is 7.94. The molecule has 1 aromatic carbocycles. The van der Waals surface area contributed by atoms with Gasteiger partial charge in [0.2, 0.25) is 0 Å². The fourth-order valence-electron chi connectivity index (χ4n) is 2.41. The third-order valence-electron chi connectivity index (χ3n) is 3.30. The molecule has 22 heavy (non-hydrogen) atoms. The monoisotopic (exact) mass is 339 g/mol. The smallest absolute Gasteiger partial charge is 0.271 e. The van der Waals surface area contributed by atoms with Gasteiger partial charge >= 0.3 is 0 Å². The molecule has 1 atom stereocenters. The molecule has 2 heterocycles. The number of benzene rings is 1. The van der Waals surface area contributed by atoms with Gasteiger partial charge in [0, 0.05) is 18.1 Å². The zero-order valence-corrected chi connectivity index (χ0v) is 14.0. The van der Waals surface area contributed by atoms with Crippen LogP contribution in [0.15, 0.2) is 33.9 Å². The van der Waals surface area contributed by atoms with E-state index in [1.165, 1.54) is 11.3 Å². The van der Waals surface area contributed by atoms with Crippen molar-refractivity contribution in [1.82, 2.24) is 0 Å². The summed E-state index contributed by atoms with van der Waals surface area (Å²) in [5, 5.41) is 1.73. The first-order chi connectivity index (χ1) is 10.5. The Kier molecular flexibility index (Phi) is 4.01. The Bertz CT molecular complexity index is 769. The molecule has 0 spiro atoms. The van der Waals surface area contributed by atoms with Gasteiger partial charge in [0.1, 0.15) is 21.8 Å². The van der Waals surface area contributed by atoms with Crippen LogP contribution in [0.2, 0.25) is 0 Å². The number of nitrogens with one attached hydrogen (secondary N) is 1. The average molecular weight is 339 g/mol. The Morgan fingerprint density at radius 2 is 2.27 bits per heavy atom. The topological polar surface area (TPSA) is 64.6 Å². The molecule has 7 heteroatoms. The predicted octanol–water partition coefficient (Wildman–Crippen LogP) is 3.27. The number of sulfonamides is 1. The van der Waals surface area contributed by atoms with Crippen LogP contribution in [0.1, 0.15) is 19.4 Å². The summed E-state index contributed by atoms with van der Waals surface area (Å²) in [4.78, 5) is 0. The van der Waals surface area contributed by atoms with Crippen molar-refractivity contribution < 1.29 is 17.9 Å². The summed E-state index contributed by atoms with van der Waals surface area (Å²) in [6.07, 6.45) is 0.890. The maximum Gasteiger partial charge on any atom is 0.271 e. The maximum atomic E-state index is 12.4. The molecule has 0 radical (unpaired) electrons. The molecular weight excluding hydrogens is 322 g/mol. The van der Waals surface area contributed by atoms with Gasteiger partial charge in [-0.05, 0) is 31.4 Å². The summed E-state index contributed by atoms with van der Waals surface area (Å²) in [7, 11) is -3.61. The van der Waals surface area contributed by atoms with Crippen molar-refractivity contribution in [3.05, 3.63) is 35.2 Å². The van der Waals surface area contributed by atoms with Gasteiger partial charge in [-0.25, -0.2) is 8.42 Å². The SMILES string of the molecule is CCOc1cc2c(cc1NS(=O)(=O)c1cccs1)O[C@H](C)C2. The Labute approximate surface area is 133 Å². The van der Waals surface area contributed by atoms with Gasteiger partial charge in [-0.3, -0.25) is 4.72 Å². The summed E-state index contributed by atoms with van der Waals surface area (Å²) in [5.74, 6) is 1.24. The second-order valence-corrected chi connectivity index (χ2v) is 7.92. The number of hydrogen-bond donors (Lipinski definition) is 1. The highest BCUT2D eigenvalue weighted by Gasteiger charge is 2.24. The molecule has 0 saturated carbocycles. The first-order valence-corrected chi connectivity index (χ1v) is 9.38. The fourth-order valence-corrected chi connectivity index (χ4v) is 4.46. The number of rotatable bonds is 5. The predicted molar refractivity (Wildman–Crippen MR) is 86.5 cm³/mol. The molecule has 1 aliphatic heterocycles. The lowest BCUT2D eigenvalue weighted by atomic mass is 10.1. The van der Waals surface area contributed by atoms with Gasteiger partial charge in [0.25, 0.3) is 10.0 Å². The molecule has 2 aromatic rings. The Hall–Kier alpha value is -1.73. The molecule has 1 aromatic heterocycles. The van der Waals surface area contributed by atoms with Crippen molar-refractivity contribution in [2.45, 2.75) is 30.6 Å². The van der Waals surface area contributed by atoms with E-state index in [-0.39, 0.29) is 10.3 Å². The normalized spacial score (nSPS) is 16.9. The standard InChI is InChI=1S/C15H17NO4S2/c1-3-19-14-8-11-7-10(2)20-13(11)9-12(14)16-22(17,18)15-5-4-6-21-15/h4-6,8-10,16H,3,7H2,1-2H3/t10-/m1/s1. The number of thiophene rings is 1. The van der Waals surface area contributed by atoms with Gasteiger partial charge in [-0.2, -0.15) is 0 Å². The number of fused-ring (bicyclic) bond motifs is 1. The van der Waals surface area contributed by atoms with E-state index >= 15 is 0 Å². The van der Waals surface area contributed by atoms with Crippen LogP contribution in [0.3, 0.4) is 0 Å². The van der Waals surface area contributed by atoms with Gasteiger partial charge in [0.15, 0.2) is 0 Å². The van der Waals surface area contributed by atoms with E-state index in [1.807, 2.05) is 19.9 Å². The van der Waals surface area contributed by atoms with E-state index < -0.39 is 10.0 Å². The summed E-state index contributed by atoms with van der Waals surface area (Å²) in [6, 6.07) is 6.83. The summed E-state index contributed by atoms with van der Waals surface area (Å²) in [6.45, 7) is 4.31. The third kappa shape index (κ3) is 2.91. The van der Waals surface area contributed by atoms with Crippen LogP contribution in [-0.4, -0.2) is 21.1 Å². The minimum absolute atomic E-state index is 0.0913. The first-order valence-electron chi connectivity index (χ1n) is 7.02. The highest BCUT2D eigenvalue weighted by Crippen LogP contribution is 2.39. The number of ether oxygens (including phenoxy) is 2. The highest BCUT2D eigenvalue weighted by atomic mass is 32.2. The largest absolute Gasteiger partial charge is 0.492 e. The van der Waals surface area contributed by atoms with Crippen LogP contribution in [-0.2, 0) is 16.4 Å². The van der Waals surface area contributed by atoms with Crippen LogP contribution >= 0.6 is 11.3 Å². The van der Waals surface area contributed by atoms with Gasteiger partial charge in [-0.1, -0.05) is 6.07 Å². The lowest BCUT2D eigenvalue weighted by Crippen LogP contribution is -2.12. The Morgan fingerprint density at radius 1 is 1.45 bits per heavy atom. The zero-order chi connectivity index (χ0) is 15.7. The van der Waals surface area contributed by atoms with Crippen molar-refractivity contribution in [2.75, 3.05) is 11.3 Å². The lowest BCUT2D eigenvalue weighted by molar-refractivity contribution is 0.254. The number of anilines is 1. The molecule has 0 unspecified atom stereocenters. The van der Waals surface area contributed by atoms with E-state index in [4.69, 9.17) is 9.47 Å². The average Bonchev–Trinajstić information content (AvgIpc) is 3.07. The summed E-state index contributed by atoms with van der Waals surface area (Å²) < 4.78 is 38.9. The van der Waals surface area contributed by atoms with E-state index in [2.05, 4.69) is 4.72 Å². The molecule has 3 rings (SSSR count). The minimum atomic E-state index is -3.61. The molecule has 0 fully saturated rings. The van der Waals surface area contributed by atoms with Crippen LogP contribution in [0.5, 0.6) is 11.5 Å². The molecule has 1 aliphatic rings. The van der Waals surface area contributed by atoms with Crippen LogP contribution in [0.25, 0.3) is 0 Å². The van der Waals surface area contributed by atoms with Crippen molar-refractivity contribution in [3.8, 4) is 11.5 Å². The van der Waals surface area contributed by atoms with E-state index in [9.17, 15) is 8.42 Å². The van der Waals surface area contributed by atoms with E-state index in [0.717, 1.165) is 12.0 Å². The molecule has 118 valence electrons. The van der Waals surface area contributed by atoms with Crippen molar-refractivity contribution >= 4 is 27.0 Å². The number of hydrogen-bond acceptors (Lipinski definition) is 5. The molecular formula is C15H17NO4S2. The molecule has 0 amide bonds. The second-order valence-electron chi connectivity index (χ2n) is 5.06. The van der Waals surface area contributed by atoms with Crippen LogP contribution < -0.4 is 14.2 Å². The zero-order valence-electron chi connectivity index (χ0n) is 12.3. The van der Waals surface area contributed by atoms with Crippen molar-refractivity contribution in [3.63, 3.8) is 0 Å². The molecule has 1 N–H and O–H groups in total. The molecule has 0 bridgehead atoms. The Morgan fingerprint density at radius 3 is 2.95 bits per heavy atom. The molecule has 0 aliphatic carbocycles. The first kappa shape index (κ1) is 15.2. The minimum Gasteiger partial charge on any atom is -0.492 e. The van der Waals surface area contributed by atoms with E-state index in [1.54, 1.807) is 23.6 Å². The van der Waals surface area contributed by atoms with Crippen molar-refractivity contribution in [1.29, 1.82) is 0 Å². The van der Waals surface area contributed by atoms with Crippen molar-refractivity contribution in [2.24, 2.45) is 0 Å². The third-order valence-corrected chi connectivity index (χ3v) is 6.07. The molecule has 0 saturated heterocycles. The lowest BCUT2D eigenvalue weighted by Gasteiger charge is -2.14. The summed E-state index contributed by atoms with van der Waals surface area (Å²) in [5.41, 5.74) is 1.44. The van der Waals surface area contributed by atoms with E-state index in [0.29, 0.717) is 23.8 Å². The Balaban J connectivity index is 1.98. The van der Waals surface area contributed by atoms with Gasteiger partial charge in [0.05, 0.1) is 12.3 Å².